The number of hydrogen-bond donors (Lipinski definition) is 2. The van der Waals surface area contributed by atoms with Crippen molar-refractivity contribution in [1.82, 2.24) is 15.6 Å². The summed E-state index contributed by atoms with van der Waals surface area (Å²) in [4.78, 5) is 29.3. The molecule has 1 aromatic heterocycles. The van der Waals surface area contributed by atoms with Crippen molar-refractivity contribution in [2.45, 2.75) is 39.3 Å². The standard InChI is InChI=1S/C20H24ClN3O2/c1-4-13(2)18(24-19(25)16-5-7-17(21)8-6-16)20(26)23-14(3)15-9-11-22-12-10-15/h5-14,18H,4H2,1-3H3,(H,23,26)(H,24,25). The normalized spacial score (nSPS) is 14.2. The number of hydrogen-bond acceptors (Lipinski definition) is 3. The second-order valence-corrected chi connectivity index (χ2v) is 6.79. The van der Waals surface area contributed by atoms with Gasteiger partial charge in [0.1, 0.15) is 6.04 Å². The fourth-order valence-corrected chi connectivity index (χ4v) is 2.69. The smallest absolute Gasteiger partial charge is 0.251 e. The molecule has 6 heteroatoms. The SMILES string of the molecule is CCC(C)C(NC(=O)c1ccc(Cl)cc1)C(=O)NC(C)c1ccncc1. The molecule has 0 radical (unpaired) electrons. The quantitative estimate of drug-likeness (QED) is 0.776. The topological polar surface area (TPSA) is 71.1 Å². The van der Waals surface area contributed by atoms with Gasteiger partial charge in [-0.1, -0.05) is 31.9 Å². The largest absolute Gasteiger partial charge is 0.348 e. The maximum absolute atomic E-state index is 12.8. The maximum atomic E-state index is 12.8. The molecule has 0 aliphatic rings. The zero-order valence-corrected chi connectivity index (χ0v) is 16.0. The first kappa shape index (κ1) is 19.9. The first-order valence-electron chi connectivity index (χ1n) is 8.69. The second kappa shape index (κ2) is 9.34. The van der Waals surface area contributed by atoms with Gasteiger partial charge < -0.3 is 10.6 Å². The Morgan fingerprint density at radius 2 is 1.65 bits per heavy atom. The van der Waals surface area contributed by atoms with E-state index in [9.17, 15) is 9.59 Å². The van der Waals surface area contributed by atoms with Gasteiger partial charge in [0.15, 0.2) is 0 Å². The number of amides is 2. The second-order valence-electron chi connectivity index (χ2n) is 6.35. The van der Waals surface area contributed by atoms with Gasteiger partial charge in [-0.05, 0) is 54.8 Å². The fourth-order valence-electron chi connectivity index (χ4n) is 2.57. The lowest BCUT2D eigenvalue weighted by Gasteiger charge is -2.25. The first-order chi connectivity index (χ1) is 12.4. The molecule has 2 rings (SSSR count). The average Bonchev–Trinajstić information content (AvgIpc) is 2.66. The van der Waals surface area contributed by atoms with Crippen LogP contribution >= 0.6 is 11.6 Å². The van der Waals surface area contributed by atoms with Crippen LogP contribution < -0.4 is 10.6 Å². The van der Waals surface area contributed by atoms with Crippen LogP contribution in [-0.4, -0.2) is 22.8 Å². The van der Waals surface area contributed by atoms with Crippen LogP contribution in [0.5, 0.6) is 0 Å². The zero-order chi connectivity index (χ0) is 19.1. The van der Waals surface area contributed by atoms with Gasteiger partial charge in [0, 0.05) is 23.0 Å². The molecule has 1 heterocycles. The van der Waals surface area contributed by atoms with Crippen molar-refractivity contribution in [3.05, 3.63) is 64.9 Å². The molecule has 0 saturated carbocycles. The lowest BCUT2D eigenvalue weighted by atomic mass is 9.97. The summed E-state index contributed by atoms with van der Waals surface area (Å²) < 4.78 is 0. The minimum absolute atomic E-state index is 0.00381. The van der Waals surface area contributed by atoms with E-state index in [4.69, 9.17) is 11.6 Å². The lowest BCUT2D eigenvalue weighted by molar-refractivity contribution is -0.124. The third-order valence-electron chi connectivity index (χ3n) is 4.45. The Hall–Kier alpha value is -2.40. The number of nitrogens with one attached hydrogen (secondary N) is 2. The summed E-state index contributed by atoms with van der Waals surface area (Å²) in [6, 6.07) is 9.51. The van der Waals surface area contributed by atoms with Crippen LogP contribution in [0.3, 0.4) is 0 Å². The molecule has 0 aliphatic carbocycles. The minimum atomic E-state index is -0.618. The Morgan fingerprint density at radius 3 is 2.23 bits per heavy atom. The molecule has 138 valence electrons. The molecule has 5 nitrogen and oxygen atoms in total. The predicted molar refractivity (Wildman–Crippen MR) is 103 cm³/mol. The van der Waals surface area contributed by atoms with Gasteiger partial charge in [0.05, 0.1) is 6.04 Å². The van der Waals surface area contributed by atoms with Crippen molar-refractivity contribution < 1.29 is 9.59 Å². The number of halogens is 1. The highest BCUT2D eigenvalue weighted by Crippen LogP contribution is 2.15. The van der Waals surface area contributed by atoms with Gasteiger partial charge in [-0.2, -0.15) is 0 Å². The third-order valence-corrected chi connectivity index (χ3v) is 4.71. The molecule has 0 bridgehead atoms. The molecule has 0 spiro atoms. The highest BCUT2D eigenvalue weighted by atomic mass is 35.5. The van der Waals surface area contributed by atoms with Crippen molar-refractivity contribution in [3.63, 3.8) is 0 Å². The summed E-state index contributed by atoms with van der Waals surface area (Å²) in [5.74, 6) is -0.499. The van der Waals surface area contributed by atoms with E-state index in [-0.39, 0.29) is 23.8 Å². The fraction of sp³-hybridized carbons (Fsp3) is 0.350. The number of carbonyl (C=O) groups is 2. The van der Waals surface area contributed by atoms with E-state index in [0.717, 1.165) is 12.0 Å². The molecular weight excluding hydrogens is 350 g/mol. The predicted octanol–water partition coefficient (Wildman–Crippen LogP) is 3.76. The number of pyridine rings is 1. The average molecular weight is 374 g/mol. The van der Waals surface area contributed by atoms with Crippen LogP contribution in [0.15, 0.2) is 48.8 Å². The van der Waals surface area contributed by atoms with E-state index in [1.807, 2.05) is 32.9 Å². The molecule has 2 N–H and O–H groups in total. The number of nitrogens with zero attached hydrogens (tertiary/aromatic N) is 1. The van der Waals surface area contributed by atoms with Crippen molar-refractivity contribution in [2.24, 2.45) is 5.92 Å². The third kappa shape index (κ3) is 5.30. The van der Waals surface area contributed by atoms with E-state index in [1.165, 1.54) is 0 Å². The molecule has 0 saturated heterocycles. The molecule has 2 aromatic rings. The monoisotopic (exact) mass is 373 g/mol. The summed E-state index contributed by atoms with van der Waals surface area (Å²) in [5, 5.41) is 6.39. The summed E-state index contributed by atoms with van der Waals surface area (Å²) in [7, 11) is 0. The molecule has 0 aliphatic heterocycles. The van der Waals surface area contributed by atoms with Crippen LogP contribution in [-0.2, 0) is 4.79 Å². The summed E-state index contributed by atoms with van der Waals surface area (Å²) in [6.45, 7) is 5.84. The van der Waals surface area contributed by atoms with Crippen molar-refractivity contribution >= 4 is 23.4 Å². The van der Waals surface area contributed by atoms with Crippen molar-refractivity contribution in [1.29, 1.82) is 0 Å². The maximum Gasteiger partial charge on any atom is 0.251 e. The molecule has 3 atom stereocenters. The Morgan fingerprint density at radius 1 is 1.04 bits per heavy atom. The Kier molecular flexibility index (Phi) is 7.16. The van der Waals surface area contributed by atoms with Crippen molar-refractivity contribution in [3.8, 4) is 0 Å². The molecular formula is C20H24ClN3O2. The van der Waals surface area contributed by atoms with Gasteiger partial charge >= 0.3 is 0 Å². The van der Waals surface area contributed by atoms with Crippen LogP contribution in [0.2, 0.25) is 5.02 Å². The Balaban J connectivity index is 2.09. The van der Waals surface area contributed by atoms with Crippen LogP contribution in [0, 0.1) is 5.92 Å². The van der Waals surface area contributed by atoms with E-state index in [0.29, 0.717) is 10.6 Å². The molecule has 2 amide bonds. The Bertz CT molecular complexity index is 734. The highest BCUT2D eigenvalue weighted by Gasteiger charge is 2.27. The zero-order valence-electron chi connectivity index (χ0n) is 15.2. The van der Waals surface area contributed by atoms with Gasteiger partial charge in [0.25, 0.3) is 5.91 Å². The molecule has 1 aromatic carbocycles. The van der Waals surface area contributed by atoms with E-state index in [1.54, 1.807) is 36.7 Å². The van der Waals surface area contributed by atoms with Crippen LogP contribution in [0.1, 0.15) is 49.2 Å². The van der Waals surface area contributed by atoms with Crippen molar-refractivity contribution in [2.75, 3.05) is 0 Å². The van der Waals surface area contributed by atoms with Gasteiger partial charge in [-0.15, -0.1) is 0 Å². The highest BCUT2D eigenvalue weighted by molar-refractivity contribution is 6.30. The first-order valence-corrected chi connectivity index (χ1v) is 9.07. The molecule has 0 fully saturated rings. The van der Waals surface area contributed by atoms with Gasteiger partial charge in [0.2, 0.25) is 5.91 Å². The van der Waals surface area contributed by atoms with Crippen LogP contribution in [0.4, 0.5) is 0 Å². The van der Waals surface area contributed by atoms with Crippen LogP contribution in [0.25, 0.3) is 0 Å². The van der Waals surface area contributed by atoms with Gasteiger partial charge in [-0.3, -0.25) is 14.6 Å². The number of benzene rings is 1. The molecule has 26 heavy (non-hydrogen) atoms. The number of rotatable bonds is 7. The minimum Gasteiger partial charge on any atom is -0.348 e. The number of aromatic nitrogens is 1. The Labute approximate surface area is 159 Å². The van der Waals surface area contributed by atoms with E-state index < -0.39 is 6.04 Å². The summed E-state index contributed by atoms with van der Waals surface area (Å²) >= 11 is 5.86. The molecule has 3 unspecified atom stereocenters. The summed E-state index contributed by atoms with van der Waals surface area (Å²) in [5.41, 5.74) is 1.43. The number of carbonyl (C=O) groups excluding carboxylic acids is 2. The van der Waals surface area contributed by atoms with Gasteiger partial charge in [-0.25, -0.2) is 0 Å². The van der Waals surface area contributed by atoms with E-state index in [2.05, 4.69) is 15.6 Å². The van der Waals surface area contributed by atoms with E-state index >= 15 is 0 Å². The summed E-state index contributed by atoms with van der Waals surface area (Å²) in [6.07, 6.45) is 4.14. The lowest BCUT2D eigenvalue weighted by Crippen LogP contribution is -2.50.